The Morgan fingerprint density at radius 1 is 1.29 bits per heavy atom. The van der Waals surface area contributed by atoms with Crippen molar-refractivity contribution in [3.63, 3.8) is 0 Å². The second-order valence-corrected chi connectivity index (χ2v) is 4.56. The maximum atomic E-state index is 9.72. The minimum Gasteiger partial charge on any atom is -0.388 e. The third kappa shape index (κ3) is 4.89. The highest BCUT2D eigenvalue weighted by molar-refractivity contribution is 4.87. The highest BCUT2D eigenvalue weighted by Crippen LogP contribution is 2.17. The fourth-order valence-corrected chi connectivity index (χ4v) is 1.89. The van der Waals surface area contributed by atoms with Crippen molar-refractivity contribution in [2.24, 2.45) is 0 Å². The Balaban J connectivity index is 2.07. The first kappa shape index (κ1) is 14.9. The van der Waals surface area contributed by atoms with Crippen LogP contribution in [0.15, 0.2) is 0 Å². The summed E-state index contributed by atoms with van der Waals surface area (Å²) in [5.41, 5.74) is 0. The molecule has 0 spiro atoms. The second-order valence-electron chi connectivity index (χ2n) is 4.56. The van der Waals surface area contributed by atoms with Gasteiger partial charge in [0.1, 0.15) is 24.4 Å². The predicted molar refractivity (Wildman–Crippen MR) is 62.7 cm³/mol. The van der Waals surface area contributed by atoms with E-state index in [1.807, 2.05) is 0 Å². The third-order valence-electron chi connectivity index (χ3n) is 3.00. The van der Waals surface area contributed by atoms with E-state index in [1.54, 1.807) is 0 Å². The first-order valence-corrected chi connectivity index (χ1v) is 6.40. The normalized spacial score (nSPS) is 30.7. The van der Waals surface area contributed by atoms with Gasteiger partial charge in [0.15, 0.2) is 0 Å². The van der Waals surface area contributed by atoms with Gasteiger partial charge in [-0.3, -0.25) is 0 Å². The molecule has 0 aromatic rings. The summed E-state index contributed by atoms with van der Waals surface area (Å²) in [4.78, 5) is 0. The molecule has 1 fully saturated rings. The van der Waals surface area contributed by atoms with Gasteiger partial charge in [-0.2, -0.15) is 0 Å². The molecule has 4 unspecified atom stereocenters. The molecule has 5 nitrogen and oxygen atoms in total. The van der Waals surface area contributed by atoms with Gasteiger partial charge in [0.05, 0.1) is 13.2 Å². The van der Waals surface area contributed by atoms with Crippen LogP contribution in [-0.4, -0.2) is 59.6 Å². The maximum absolute atomic E-state index is 9.72. The van der Waals surface area contributed by atoms with E-state index in [0.717, 1.165) is 12.8 Å². The molecule has 1 heterocycles. The number of hydrogen-bond donors (Lipinski definition) is 3. The van der Waals surface area contributed by atoms with Crippen molar-refractivity contribution in [3.8, 4) is 0 Å². The van der Waals surface area contributed by atoms with E-state index < -0.39 is 24.4 Å². The minimum absolute atomic E-state index is 0.0688. The van der Waals surface area contributed by atoms with Crippen LogP contribution in [0.3, 0.4) is 0 Å². The van der Waals surface area contributed by atoms with Crippen LogP contribution in [0.5, 0.6) is 0 Å². The van der Waals surface area contributed by atoms with Gasteiger partial charge >= 0.3 is 0 Å². The van der Waals surface area contributed by atoms with Crippen LogP contribution in [0.1, 0.15) is 32.6 Å². The van der Waals surface area contributed by atoms with Gasteiger partial charge in [-0.25, -0.2) is 0 Å². The van der Waals surface area contributed by atoms with Gasteiger partial charge in [0, 0.05) is 6.61 Å². The molecule has 102 valence electrons. The zero-order valence-electron chi connectivity index (χ0n) is 10.4. The molecule has 17 heavy (non-hydrogen) atoms. The predicted octanol–water partition coefficient (Wildman–Crippen LogP) is 0.0648. The van der Waals surface area contributed by atoms with Gasteiger partial charge in [0.2, 0.25) is 0 Å². The number of aliphatic hydroxyl groups is 3. The number of aliphatic hydroxyl groups excluding tert-OH is 3. The van der Waals surface area contributed by atoms with Crippen molar-refractivity contribution in [1.82, 2.24) is 0 Å². The third-order valence-corrected chi connectivity index (χ3v) is 3.00. The van der Waals surface area contributed by atoms with E-state index in [-0.39, 0.29) is 13.2 Å². The molecule has 5 heteroatoms. The molecule has 0 bridgehead atoms. The summed E-state index contributed by atoms with van der Waals surface area (Å²) < 4.78 is 10.4. The fraction of sp³-hybridized carbons (Fsp3) is 1.00. The van der Waals surface area contributed by atoms with Gasteiger partial charge < -0.3 is 24.8 Å². The molecule has 0 radical (unpaired) electrons. The van der Waals surface area contributed by atoms with Crippen molar-refractivity contribution in [2.75, 3.05) is 19.8 Å². The first-order valence-electron chi connectivity index (χ1n) is 6.40. The largest absolute Gasteiger partial charge is 0.388 e. The highest BCUT2D eigenvalue weighted by Gasteiger charge is 2.39. The molecule has 0 aliphatic carbocycles. The second kappa shape index (κ2) is 8.00. The molecule has 0 amide bonds. The molecule has 1 saturated heterocycles. The van der Waals surface area contributed by atoms with Crippen LogP contribution in [0, 0.1) is 0 Å². The zero-order chi connectivity index (χ0) is 12.7. The van der Waals surface area contributed by atoms with Crippen LogP contribution in [-0.2, 0) is 9.47 Å². The highest BCUT2D eigenvalue weighted by atomic mass is 16.5. The summed E-state index contributed by atoms with van der Waals surface area (Å²) in [6.45, 7) is 2.97. The maximum Gasteiger partial charge on any atom is 0.114 e. The summed E-state index contributed by atoms with van der Waals surface area (Å²) in [6, 6.07) is 0. The lowest BCUT2D eigenvalue weighted by Crippen LogP contribution is -2.40. The van der Waals surface area contributed by atoms with Crippen molar-refractivity contribution < 1.29 is 24.8 Å². The Hall–Kier alpha value is -0.200. The SMILES string of the molecule is CCCCCCOCC(O)C1OCC(O)C1O. The first-order chi connectivity index (χ1) is 8.16. The molecule has 0 aromatic carbocycles. The Kier molecular flexibility index (Phi) is 6.99. The van der Waals surface area contributed by atoms with Crippen molar-refractivity contribution in [3.05, 3.63) is 0 Å². The fourth-order valence-electron chi connectivity index (χ4n) is 1.89. The van der Waals surface area contributed by atoms with E-state index in [4.69, 9.17) is 9.47 Å². The Bertz CT molecular complexity index is 199. The van der Waals surface area contributed by atoms with Crippen LogP contribution in [0.4, 0.5) is 0 Å². The number of rotatable bonds is 8. The molecule has 1 aliphatic rings. The number of unbranched alkanes of at least 4 members (excludes halogenated alkanes) is 3. The van der Waals surface area contributed by atoms with E-state index in [0.29, 0.717) is 6.61 Å². The standard InChI is InChI=1S/C12H24O5/c1-2-3-4-5-6-16-7-10(14)12-11(15)9(13)8-17-12/h9-15H,2-8H2,1H3. The van der Waals surface area contributed by atoms with Crippen molar-refractivity contribution >= 4 is 0 Å². The van der Waals surface area contributed by atoms with E-state index in [2.05, 4.69) is 6.92 Å². The van der Waals surface area contributed by atoms with Crippen LogP contribution >= 0.6 is 0 Å². The van der Waals surface area contributed by atoms with Gasteiger partial charge in [-0.15, -0.1) is 0 Å². The lowest BCUT2D eigenvalue weighted by molar-refractivity contribution is -0.0813. The van der Waals surface area contributed by atoms with Crippen molar-refractivity contribution in [2.45, 2.75) is 57.0 Å². The molecular formula is C12H24O5. The van der Waals surface area contributed by atoms with Crippen LogP contribution in [0.25, 0.3) is 0 Å². The monoisotopic (exact) mass is 248 g/mol. The molecule has 4 atom stereocenters. The average Bonchev–Trinajstić information content (AvgIpc) is 2.64. The van der Waals surface area contributed by atoms with E-state index in [9.17, 15) is 15.3 Å². The lowest BCUT2D eigenvalue weighted by Gasteiger charge is -2.20. The summed E-state index contributed by atoms with van der Waals surface area (Å²) in [7, 11) is 0. The Morgan fingerprint density at radius 2 is 2.06 bits per heavy atom. The summed E-state index contributed by atoms with van der Waals surface area (Å²) >= 11 is 0. The van der Waals surface area contributed by atoms with E-state index in [1.165, 1.54) is 12.8 Å². The topological polar surface area (TPSA) is 79.2 Å². The average molecular weight is 248 g/mol. The van der Waals surface area contributed by atoms with Crippen LogP contribution in [0.2, 0.25) is 0 Å². The van der Waals surface area contributed by atoms with Gasteiger partial charge in [-0.1, -0.05) is 26.2 Å². The molecular weight excluding hydrogens is 224 g/mol. The molecule has 0 aromatic heterocycles. The van der Waals surface area contributed by atoms with Gasteiger partial charge in [-0.05, 0) is 6.42 Å². The summed E-state index contributed by atoms with van der Waals surface area (Å²) in [5.74, 6) is 0. The summed E-state index contributed by atoms with van der Waals surface area (Å²) in [5, 5.41) is 28.5. The molecule has 3 N–H and O–H groups in total. The Morgan fingerprint density at radius 3 is 2.65 bits per heavy atom. The number of ether oxygens (including phenoxy) is 2. The quantitative estimate of drug-likeness (QED) is 0.530. The van der Waals surface area contributed by atoms with Crippen LogP contribution < -0.4 is 0 Å². The smallest absolute Gasteiger partial charge is 0.114 e. The Labute approximate surface area is 102 Å². The van der Waals surface area contributed by atoms with Gasteiger partial charge in [0.25, 0.3) is 0 Å². The molecule has 0 saturated carbocycles. The molecule has 1 rings (SSSR count). The summed E-state index contributed by atoms with van der Waals surface area (Å²) in [6.07, 6.45) is 0.956. The minimum atomic E-state index is -1.02. The zero-order valence-corrected chi connectivity index (χ0v) is 10.4. The van der Waals surface area contributed by atoms with E-state index >= 15 is 0 Å². The molecule has 1 aliphatic heterocycles. The number of hydrogen-bond acceptors (Lipinski definition) is 5. The lowest BCUT2D eigenvalue weighted by atomic mass is 10.1. The van der Waals surface area contributed by atoms with Crippen molar-refractivity contribution in [1.29, 1.82) is 0 Å².